The van der Waals surface area contributed by atoms with E-state index >= 15 is 0 Å². The molecule has 2 aliphatic rings. The van der Waals surface area contributed by atoms with Gasteiger partial charge in [0.15, 0.2) is 0 Å². The SMILES string of the molecule is CCCNC1C(N(CCC(C)C)C2CC2)CCCC1(C)C. The van der Waals surface area contributed by atoms with E-state index in [0.717, 1.165) is 18.0 Å². The molecule has 124 valence electrons. The van der Waals surface area contributed by atoms with E-state index in [1.165, 1.54) is 58.0 Å². The van der Waals surface area contributed by atoms with Crippen molar-refractivity contribution in [1.82, 2.24) is 10.2 Å². The van der Waals surface area contributed by atoms with Crippen LogP contribution in [0.15, 0.2) is 0 Å². The molecule has 2 rings (SSSR count). The third-order valence-electron chi connectivity index (χ3n) is 5.57. The molecule has 0 aromatic heterocycles. The molecule has 0 radical (unpaired) electrons. The van der Waals surface area contributed by atoms with Gasteiger partial charge < -0.3 is 5.32 Å². The quantitative estimate of drug-likeness (QED) is 0.712. The molecule has 0 saturated heterocycles. The summed E-state index contributed by atoms with van der Waals surface area (Å²) in [6, 6.07) is 2.35. The van der Waals surface area contributed by atoms with Crippen molar-refractivity contribution >= 4 is 0 Å². The highest BCUT2D eigenvalue weighted by atomic mass is 15.2. The lowest BCUT2D eigenvalue weighted by Gasteiger charge is -2.49. The first-order valence-electron chi connectivity index (χ1n) is 9.45. The normalized spacial score (nSPS) is 29.3. The first-order valence-corrected chi connectivity index (χ1v) is 9.45. The highest BCUT2D eigenvalue weighted by molar-refractivity contribution is 5.01. The van der Waals surface area contributed by atoms with Gasteiger partial charge in [0.2, 0.25) is 0 Å². The van der Waals surface area contributed by atoms with Gasteiger partial charge in [-0.1, -0.05) is 41.0 Å². The molecule has 0 spiro atoms. The number of rotatable bonds is 8. The molecule has 21 heavy (non-hydrogen) atoms. The van der Waals surface area contributed by atoms with Crippen molar-refractivity contribution in [2.45, 2.75) is 97.7 Å². The number of nitrogens with one attached hydrogen (secondary N) is 1. The van der Waals surface area contributed by atoms with Gasteiger partial charge in [-0.2, -0.15) is 0 Å². The molecule has 2 nitrogen and oxygen atoms in total. The molecule has 2 heteroatoms. The van der Waals surface area contributed by atoms with E-state index < -0.39 is 0 Å². The van der Waals surface area contributed by atoms with Gasteiger partial charge in [0.05, 0.1) is 0 Å². The summed E-state index contributed by atoms with van der Waals surface area (Å²) in [6.07, 6.45) is 9.67. The van der Waals surface area contributed by atoms with E-state index in [4.69, 9.17) is 0 Å². The Morgan fingerprint density at radius 2 is 1.90 bits per heavy atom. The molecule has 0 bridgehead atoms. The summed E-state index contributed by atoms with van der Waals surface area (Å²) >= 11 is 0. The predicted octanol–water partition coefficient (Wildman–Crippen LogP) is 4.44. The lowest BCUT2D eigenvalue weighted by Crippen LogP contribution is -2.59. The molecule has 1 N–H and O–H groups in total. The van der Waals surface area contributed by atoms with Crippen LogP contribution in [0, 0.1) is 11.3 Å². The van der Waals surface area contributed by atoms with Crippen LogP contribution < -0.4 is 5.32 Å². The Morgan fingerprint density at radius 1 is 1.19 bits per heavy atom. The van der Waals surface area contributed by atoms with Gasteiger partial charge in [0, 0.05) is 18.1 Å². The van der Waals surface area contributed by atoms with Crippen molar-refractivity contribution in [2.75, 3.05) is 13.1 Å². The van der Waals surface area contributed by atoms with Crippen molar-refractivity contribution in [3.8, 4) is 0 Å². The molecule has 2 unspecified atom stereocenters. The Balaban J connectivity index is 2.07. The highest BCUT2D eigenvalue weighted by Crippen LogP contribution is 2.41. The standard InChI is InChI=1S/C19H38N2/c1-6-13-20-18-17(8-7-12-19(18,4)5)21(16-9-10-16)14-11-15(2)3/h15-18,20H,6-14H2,1-5H3. The van der Waals surface area contributed by atoms with Gasteiger partial charge in [0.1, 0.15) is 0 Å². The molecule has 2 aliphatic carbocycles. The summed E-state index contributed by atoms with van der Waals surface area (Å²) in [4.78, 5) is 2.90. The van der Waals surface area contributed by atoms with E-state index in [1.807, 2.05) is 0 Å². The van der Waals surface area contributed by atoms with Crippen LogP contribution in [-0.2, 0) is 0 Å². The van der Waals surface area contributed by atoms with E-state index in [-0.39, 0.29) is 0 Å². The minimum atomic E-state index is 0.447. The van der Waals surface area contributed by atoms with Crippen molar-refractivity contribution in [1.29, 1.82) is 0 Å². The second kappa shape index (κ2) is 7.46. The first-order chi connectivity index (χ1) is 9.95. The van der Waals surface area contributed by atoms with Gasteiger partial charge in [-0.05, 0) is 62.9 Å². The van der Waals surface area contributed by atoms with Crippen molar-refractivity contribution in [3.63, 3.8) is 0 Å². The molecule has 0 aromatic carbocycles. The zero-order valence-electron chi connectivity index (χ0n) is 15.1. The maximum absolute atomic E-state index is 3.92. The fourth-order valence-electron chi connectivity index (χ4n) is 4.11. The first kappa shape index (κ1) is 17.3. The monoisotopic (exact) mass is 294 g/mol. The van der Waals surface area contributed by atoms with Crippen LogP contribution in [0.5, 0.6) is 0 Å². The Hall–Kier alpha value is -0.0800. The van der Waals surface area contributed by atoms with Crippen LogP contribution in [0.4, 0.5) is 0 Å². The van der Waals surface area contributed by atoms with Crippen LogP contribution in [0.1, 0.15) is 79.6 Å². The van der Waals surface area contributed by atoms with Crippen LogP contribution in [0.2, 0.25) is 0 Å². The summed E-state index contributed by atoms with van der Waals surface area (Å²) < 4.78 is 0. The van der Waals surface area contributed by atoms with Gasteiger partial charge in [0.25, 0.3) is 0 Å². The van der Waals surface area contributed by atoms with Gasteiger partial charge >= 0.3 is 0 Å². The fourth-order valence-corrected chi connectivity index (χ4v) is 4.11. The Kier molecular flexibility index (Phi) is 6.14. The van der Waals surface area contributed by atoms with E-state index in [1.54, 1.807) is 0 Å². The third kappa shape index (κ3) is 4.69. The van der Waals surface area contributed by atoms with Crippen LogP contribution in [0.3, 0.4) is 0 Å². The minimum absolute atomic E-state index is 0.447. The number of hydrogen-bond donors (Lipinski definition) is 1. The largest absolute Gasteiger partial charge is 0.312 e. The zero-order valence-corrected chi connectivity index (χ0v) is 15.1. The van der Waals surface area contributed by atoms with Crippen LogP contribution in [-0.4, -0.2) is 36.1 Å². The van der Waals surface area contributed by atoms with Crippen molar-refractivity contribution in [2.24, 2.45) is 11.3 Å². The molecular weight excluding hydrogens is 256 g/mol. The lowest BCUT2D eigenvalue weighted by molar-refractivity contribution is 0.0408. The molecule has 2 fully saturated rings. The topological polar surface area (TPSA) is 15.3 Å². The average molecular weight is 295 g/mol. The Labute approximate surface area is 133 Å². The molecule has 0 heterocycles. The van der Waals surface area contributed by atoms with Crippen molar-refractivity contribution < 1.29 is 0 Å². The predicted molar refractivity (Wildman–Crippen MR) is 92.7 cm³/mol. The average Bonchev–Trinajstić information content (AvgIpc) is 3.21. The maximum atomic E-state index is 3.92. The Bertz CT molecular complexity index is 307. The maximum Gasteiger partial charge on any atom is 0.0274 e. The molecule has 0 aromatic rings. The summed E-state index contributed by atoms with van der Waals surface area (Å²) in [5.41, 5.74) is 0.447. The zero-order chi connectivity index (χ0) is 15.5. The number of hydrogen-bond acceptors (Lipinski definition) is 2. The molecule has 2 atom stereocenters. The second-order valence-corrected chi connectivity index (χ2v) is 8.53. The highest BCUT2D eigenvalue weighted by Gasteiger charge is 2.44. The minimum Gasteiger partial charge on any atom is -0.312 e. The van der Waals surface area contributed by atoms with Gasteiger partial charge in [-0.15, -0.1) is 0 Å². The molecular formula is C19H38N2. The fraction of sp³-hybridized carbons (Fsp3) is 1.00. The van der Waals surface area contributed by atoms with Crippen LogP contribution in [0.25, 0.3) is 0 Å². The van der Waals surface area contributed by atoms with Gasteiger partial charge in [-0.3, -0.25) is 4.90 Å². The summed E-state index contributed by atoms with van der Waals surface area (Å²) in [7, 11) is 0. The molecule has 0 amide bonds. The summed E-state index contributed by atoms with van der Waals surface area (Å²) in [5.74, 6) is 0.824. The van der Waals surface area contributed by atoms with Gasteiger partial charge in [-0.25, -0.2) is 0 Å². The van der Waals surface area contributed by atoms with Crippen LogP contribution >= 0.6 is 0 Å². The van der Waals surface area contributed by atoms with E-state index in [2.05, 4.69) is 44.8 Å². The van der Waals surface area contributed by atoms with E-state index in [0.29, 0.717) is 11.5 Å². The molecule has 0 aliphatic heterocycles. The second-order valence-electron chi connectivity index (χ2n) is 8.53. The summed E-state index contributed by atoms with van der Waals surface area (Å²) in [5, 5.41) is 3.92. The third-order valence-corrected chi connectivity index (χ3v) is 5.57. The molecule has 2 saturated carbocycles. The van der Waals surface area contributed by atoms with E-state index in [9.17, 15) is 0 Å². The number of nitrogens with zero attached hydrogens (tertiary/aromatic N) is 1. The summed E-state index contributed by atoms with van der Waals surface area (Å²) in [6.45, 7) is 14.5. The van der Waals surface area contributed by atoms with Crippen molar-refractivity contribution in [3.05, 3.63) is 0 Å². The Morgan fingerprint density at radius 3 is 2.48 bits per heavy atom. The lowest BCUT2D eigenvalue weighted by atomic mass is 9.70. The smallest absolute Gasteiger partial charge is 0.0274 e.